The van der Waals surface area contributed by atoms with Crippen LogP contribution in [0.2, 0.25) is 5.02 Å². The quantitative estimate of drug-likeness (QED) is 0.534. The molecule has 30 heavy (non-hydrogen) atoms. The predicted octanol–water partition coefficient (Wildman–Crippen LogP) is 6.23. The van der Waals surface area contributed by atoms with Gasteiger partial charge in [0.15, 0.2) is 6.10 Å². The number of nitriles is 1. The fourth-order valence-corrected chi connectivity index (χ4v) is 5.17. The van der Waals surface area contributed by atoms with Crippen LogP contribution in [0, 0.1) is 17.1 Å². The van der Waals surface area contributed by atoms with Crippen molar-refractivity contribution in [2.75, 3.05) is 13.9 Å². The fourth-order valence-electron chi connectivity index (χ4n) is 4.90. The molecule has 0 saturated heterocycles. The van der Waals surface area contributed by atoms with Crippen LogP contribution in [0.1, 0.15) is 71.1 Å². The van der Waals surface area contributed by atoms with Gasteiger partial charge in [-0.15, -0.1) is 0 Å². The lowest BCUT2D eigenvalue weighted by Gasteiger charge is -2.32. The van der Waals surface area contributed by atoms with Gasteiger partial charge in [0, 0.05) is 30.0 Å². The van der Waals surface area contributed by atoms with Gasteiger partial charge < -0.3 is 9.47 Å². The molecule has 158 valence electrons. The number of nitrogens with zero attached hydrogens (tertiary/aromatic N) is 1. The number of hydrogen-bond donors (Lipinski definition) is 0. The predicted molar refractivity (Wildman–Crippen MR) is 106 cm³/mol. The lowest BCUT2D eigenvalue weighted by Crippen LogP contribution is -2.25. The molecule has 0 fully saturated rings. The summed E-state index contributed by atoms with van der Waals surface area (Å²) in [4.78, 5) is 0. The second-order valence-electron chi connectivity index (χ2n) is 8.02. The Balaban J connectivity index is 1.89. The van der Waals surface area contributed by atoms with Gasteiger partial charge in [0.05, 0.1) is 11.6 Å². The van der Waals surface area contributed by atoms with Gasteiger partial charge in [-0.3, -0.25) is 0 Å². The minimum atomic E-state index is -3.13. The second-order valence-corrected chi connectivity index (χ2v) is 8.43. The van der Waals surface area contributed by atoms with Crippen molar-refractivity contribution in [1.82, 2.24) is 0 Å². The molecule has 2 aromatic carbocycles. The van der Waals surface area contributed by atoms with Gasteiger partial charge in [-0.1, -0.05) is 24.6 Å². The van der Waals surface area contributed by atoms with E-state index in [-0.39, 0.29) is 34.8 Å². The summed E-state index contributed by atoms with van der Waals surface area (Å²) in [6.07, 6.45) is -0.552. The SMILES string of the molecule is COCO[C@H]1c2c(Cl)ccc([C@H]3CC[C@@H](C)c4cc(F)cc(C#N)c43)c2CC1(F)F. The van der Waals surface area contributed by atoms with E-state index in [9.17, 15) is 18.4 Å². The summed E-state index contributed by atoms with van der Waals surface area (Å²) in [5, 5.41) is 9.86. The van der Waals surface area contributed by atoms with Gasteiger partial charge >= 0.3 is 0 Å². The largest absolute Gasteiger partial charge is 0.359 e. The van der Waals surface area contributed by atoms with E-state index in [2.05, 4.69) is 6.07 Å². The fraction of sp³-hybridized carbons (Fsp3) is 0.435. The smallest absolute Gasteiger partial charge is 0.282 e. The van der Waals surface area contributed by atoms with Crippen molar-refractivity contribution in [1.29, 1.82) is 5.26 Å². The second kappa shape index (κ2) is 7.88. The Hall–Kier alpha value is -2.07. The zero-order chi connectivity index (χ0) is 21.6. The molecule has 0 spiro atoms. The van der Waals surface area contributed by atoms with Crippen molar-refractivity contribution < 1.29 is 22.6 Å². The summed E-state index contributed by atoms with van der Waals surface area (Å²) in [6, 6.07) is 8.13. The van der Waals surface area contributed by atoms with E-state index in [1.807, 2.05) is 6.92 Å². The third kappa shape index (κ3) is 3.39. The Kier molecular flexibility index (Phi) is 5.56. The van der Waals surface area contributed by atoms with Crippen molar-refractivity contribution >= 4 is 11.6 Å². The van der Waals surface area contributed by atoms with Crippen molar-refractivity contribution in [2.45, 2.75) is 50.0 Å². The molecule has 3 nitrogen and oxygen atoms in total. The Morgan fingerprint density at radius 2 is 1.97 bits per heavy atom. The van der Waals surface area contributed by atoms with E-state index in [1.165, 1.54) is 19.2 Å². The number of alkyl halides is 2. The van der Waals surface area contributed by atoms with Crippen LogP contribution >= 0.6 is 11.6 Å². The van der Waals surface area contributed by atoms with Crippen LogP contribution in [0.3, 0.4) is 0 Å². The maximum atomic E-state index is 14.9. The van der Waals surface area contributed by atoms with Gasteiger partial charge in [-0.2, -0.15) is 5.26 Å². The number of hydrogen-bond acceptors (Lipinski definition) is 3. The third-order valence-electron chi connectivity index (χ3n) is 6.19. The van der Waals surface area contributed by atoms with Gasteiger partial charge in [0.25, 0.3) is 5.92 Å². The van der Waals surface area contributed by atoms with E-state index in [0.29, 0.717) is 17.5 Å². The Morgan fingerprint density at radius 1 is 1.20 bits per heavy atom. The maximum Gasteiger partial charge on any atom is 0.282 e. The standard InChI is InChI=1S/C23H21ClF3NO2/c1-12-3-4-16(20-13(10-28)7-14(25)8-17(12)20)15-5-6-19(24)21-18(15)9-23(26,27)22(21)30-11-29-2/h5-8,12,16,22H,3-4,9,11H2,1-2H3/t12-,16-,22+/m1/s1. The van der Waals surface area contributed by atoms with Crippen molar-refractivity contribution in [3.63, 3.8) is 0 Å². The number of fused-ring (bicyclic) bond motifs is 2. The monoisotopic (exact) mass is 435 g/mol. The van der Waals surface area contributed by atoms with Crippen molar-refractivity contribution in [2.24, 2.45) is 0 Å². The first-order chi connectivity index (χ1) is 14.3. The molecule has 0 N–H and O–H groups in total. The molecule has 4 rings (SSSR count). The highest BCUT2D eigenvalue weighted by Gasteiger charge is 2.51. The van der Waals surface area contributed by atoms with Crippen LogP contribution in [0.5, 0.6) is 0 Å². The van der Waals surface area contributed by atoms with Crippen LogP contribution < -0.4 is 0 Å². The average molecular weight is 436 g/mol. The molecule has 3 atom stereocenters. The van der Waals surface area contributed by atoms with E-state index in [1.54, 1.807) is 12.1 Å². The maximum absolute atomic E-state index is 14.9. The normalized spacial score (nSPS) is 24.2. The Bertz CT molecular complexity index is 1030. The molecule has 2 aliphatic rings. The molecule has 0 heterocycles. The molecule has 2 aliphatic carbocycles. The number of benzene rings is 2. The van der Waals surface area contributed by atoms with Gasteiger partial charge in [0.2, 0.25) is 0 Å². The Labute approximate surface area is 178 Å². The summed E-state index contributed by atoms with van der Waals surface area (Å²) >= 11 is 6.33. The van der Waals surface area contributed by atoms with Crippen molar-refractivity contribution in [3.8, 4) is 6.07 Å². The average Bonchev–Trinajstić information content (AvgIpc) is 2.98. The van der Waals surface area contributed by atoms with Crippen LogP contribution in [-0.2, 0) is 15.9 Å². The lowest BCUT2D eigenvalue weighted by atomic mass is 9.71. The molecule has 0 bridgehead atoms. The van der Waals surface area contributed by atoms with Crippen LogP contribution in [-0.4, -0.2) is 19.8 Å². The number of ether oxygens (including phenoxy) is 2. The zero-order valence-corrected chi connectivity index (χ0v) is 17.4. The van der Waals surface area contributed by atoms with Gasteiger partial charge in [-0.25, -0.2) is 13.2 Å². The van der Waals surface area contributed by atoms with Crippen LogP contribution in [0.25, 0.3) is 0 Å². The first kappa shape index (κ1) is 21.2. The minimum absolute atomic E-state index is 0.0821. The summed E-state index contributed by atoms with van der Waals surface area (Å²) in [7, 11) is 1.37. The molecule has 0 aliphatic heterocycles. The lowest BCUT2D eigenvalue weighted by molar-refractivity contribution is -0.169. The first-order valence-corrected chi connectivity index (χ1v) is 10.2. The Morgan fingerprint density at radius 3 is 2.67 bits per heavy atom. The molecular formula is C23H21ClF3NO2. The molecule has 0 saturated carbocycles. The van der Waals surface area contributed by atoms with Crippen molar-refractivity contribution in [3.05, 3.63) is 68.5 Å². The highest BCUT2D eigenvalue weighted by molar-refractivity contribution is 6.31. The van der Waals surface area contributed by atoms with Crippen LogP contribution in [0.4, 0.5) is 13.2 Å². The van der Waals surface area contributed by atoms with Crippen LogP contribution in [0.15, 0.2) is 24.3 Å². The highest BCUT2D eigenvalue weighted by Crippen LogP contribution is 2.53. The van der Waals surface area contributed by atoms with Gasteiger partial charge in [0.1, 0.15) is 12.6 Å². The molecule has 0 unspecified atom stereocenters. The van der Waals surface area contributed by atoms with E-state index >= 15 is 0 Å². The topological polar surface area (TPSA) is 42.2 Å². The number of halogens is 4. The molecular weight excluding hydrogens is 415 g/mol. The zero-order valence-electron chi connectivity index (χ0n) is 16.6. The number of methoxy groups -OCH3 is 1. The summed E-state index contributed by atoms with van der Waals surface area (Å²) in [5.74, 6) is -3.79. The van der Waals surface area contributed by atoms with E-state index in [4.69, 9.17) is 21.1 Å². The molecule has 0 aromatic heterocycles. The highest BCUT2D eigenvalue weighted by atomic mass is 35.5. The van der Waals surface area contributed by atoms with E-state index in [0.717, 1.165) is 17.5 Å². The first-order valence-electron chi connectivity index (χ1n) is 9.81. The molecule has 7 heteroatoms. The van der Waals surface area contributed by atoms with E-state index < -0.39 is 24.3 Å². The van der Waals surface area contributed by atoms with Gasteiger partial charge in [-0.05, 0) is 59.2 Å². The molecule has 0 amide bonds. The molecule has 0 radical (unpaired) electrons. The number of rotatable bonds is 4. The summed E-state index contributed by atoms with van der Waals surface area (Å²) < 4.78 is 54.0. The summed E-state index contributed by atoms with van der Waals surface area (Å²) in [6.45, 7) is 1.71. The summed E-state index contributed by atoms with van der Waals surface area (Å²) in [5.41, 5.74) is 3.18. The molecule has 2 aromatic rings. The minimum Gasteiger partial charge on any atom is -0.359 e. The third-order valence-corrected chi connectivity index (χ3v) is 6.52.